The van der Waals surface area contributed by atoms with Gasteiger partial charge in [-0.3, -0.25) is 4.79 Å². The summed E-state index contributed by atoms with van der Waals surface area (Å²) in [6, 6.07) is 8.22. The van der Waals surface area contributed by atoms with Crippen molar-refractivity contribution in [3.05, 3.63) is 29.8 Å². The number of methoxy groups -OCH3 is 2. The van der Waals surface area contributed by atoms with E-state index in [0.717, 1.165) is 35.6 Å². The largest absolute Gasteiger partial charge is 0.497 e. The highest BCUT2D eigenvalue weighted by molar-refractivity contribution is 7.80. The molecule has 5 rings (SSSR count). The van der Waals surface area contributed by atoms with Crippen LogP contribution >= 0.6 is 12.2 Å². The molecule has 1 aromatic carbocycles. The first kappa shape index (κ1) is 21.6. The van der Waals surface area contributed by atoms with Gasteiger partial charge >= 0.3 is 5.97 Å². The minimum absolute atomic E-state index is 0.00826. The summed E-state index contributed by atoms with van der Waals surface area (Å²) in [5.41, 5.74) is 0.261. The van der Waals surface area contributed by atoms with Crippen LogP contribution in [0.3, 0.4) is 0 Å². The maximum absolute atomic E-state index is 12.5. The van der Waals surface area contributed by atoms with Crippen LogP contribution in [0.15, 0.2) is 24.3 Å². The molecule has 0 aliphatic heterocycles. The van der Waals surface area contributed by atoms with Gasteiger partial charge < -0.3 is 19.5 Å². The summed E-state index contributed by atoms with van der Waals surface area (Å²) in [7, 11) is 3.18. The average molecular weight is 432 g/mol. The molecule has 4 bridgehead atoms. The van der Waals surface area contributed by atoms with Crippen LogP contribution in [0.1, 0.15) is 51.5 Å². The van der Waals surface area contributed by atoms with E-state index in [9.17, 15) is 4.79 Å². The Kier molecular flexibility index (Phi) is 5.84. The number of esters is 1. The third-order valence-electron chi connectivity index (χ3n) is 7.49. The summed E-state index contributed by atoms with van der Waals surface area (Å²) in [4.78, 5) is 13.3. The van der Waals surface area contributed by atoms with E-state index in [1.54, 1.807) is 7.11 Å². The molecule has 0 amide bonds. The van der Waals surface area contributed by atoms with E-state index >= 15 is 0 Å². The van der Waals surface area contributed by atoms with Crippen molar-refractivity contribution in [1.29, 1.82) is 0 Å². The standard InChI is InChI=1S/C24H33NO4S/c1-23(2,29-14-15-5-7-19(27-3)8-6-15)21(30)25-20-17-9-16-10-18(20)13-24(11-16,12-17)22(26)28-4/h5-8,16-18,20H,9-14H2,1-4H3,(H,25,30). The van der Waals surface area contributed by atoms with Gasteiger partial charge in [-0.2, -0.15) is 0 Å². The second kappa shape index (κ2) is 8.12. The minimum atomic E-state index is -0.566. The van der Waals surface area contributed by atoms with Crippen LogP contribution in [0.5, 0.6) is 5.75 Å². The third kappa shape index (κ3) is 3.96. The number of carbonyl (C=O) groups excluding carboxylic acids is 1. The molecule has 0 radical (unpaired) electrons. The second-order valence-electron chi connectivity index (χ2n) is 9.89. The zero-order valence-electron chi connectivity index (χ0n) is 18.4. The highest BCUT2D eigenvalue weighted by Gasteiger charge is 2.59. The second-order valence-corrected chi connectivity index (χ2v) is 10.3. The number of carbonyl (C=O) groups is 1. The van der Waals surface area contributed by atoms with E-state index in [4.69, 9.17) is 26.4 Å². The van der Waals surface area contributed by atoms with Gasteiger partial charge in [-0.25, -0.2) is 0 Å². The Morgan fingerprint density at radius 3 is 2.33 bits per heavy atom. The van der Waals surface area contributed by atoms with E-state index in [0.29, 0.717) is 30.4 Å². The van der Waals surface area contributed by atoms with Crippen LogP contribution < -0.4 is 10.1 Å². The van der Waals surface area contributed by atoms with Crippen molar-refractivity contribution in [2.75, 3.05) is 14.2 Å². The maximum Gasteiger partial charge on any atom is 0.311 e. The van der Waals surface area contributed by atoms with Gasteiger partial charge in [0.25, 0.3) is 0 Å². The number of ether oxygens (including phenoxy) is 3. The van der Waals surface area contributed by atoms with E-state index in [-0.39, 0.29) is 11.4 Å². The number of nitrogens with one attached hydrogen (secondary N) is 1. The molecule has 0 heterocycles. The molecule has 5 nitrogen and oxygen atoms in total. The lowest BCUT2D eigenvalue weighted by atomic mass is 9.48. The van der Waals surface area contributed by atoms with Gasteiger partial charge in [0.05, 0.1) is 26.2 Å². The Bertz CT molecular complexity index is 790. The first-order valence-corrected chi connectivity index (χ1v) is 11.3. The van der Waals surface area contributed by atoms with Crippen molar-refractivity contribution < 1.29 is 19.0 Å². The smallest absolute Gasteiger partial charge is 0.311 e. The van der Waals surface area contributed by atoms with E-state index < -0.39 is 5.60 Å². The lowest BCUT2D eigenvalue weighted by Gasteiger charge is -2.59. The van der Waals surface area contributed by atoms with E-state index in [1.807, 2.05) is 38.1 Å². The molecule has 30 heavy (non-hydrogen) atoms. The molecule has 6 heteroatoms. The lowest BCUT2D eigenvalue weighted by Crippen LogP contribution is -2.62. The monoisotopic (exact) mass is 431 g/mol. The summed E-state index contributed by atoms with van der Waals surface area (Å²) in [5.74, 6) is 2.43. The summed E-state index contributed by atoms with van der Waals surface area (Å²) in [6.45, 7) is 4.54. The zero-order valence-corrected chi connectivity index (χ0v) is 19.2. The predicted octanol–water partition coefficient (Wildman–Crippen LogP) is 4.28. The Balaban J connectivity index is 1.38. The van der Waals surface area contributed by atoms with Gasteiger partial charge in [0, 0.05) is 6.04 Å². The zero-order chi connectivity index (χ0) is 21.5. The van der Waals surface area contributed by atoms with Gasteiger partial charge in [0.2, 0.25) is 0 Å². The molecule has 1 aromatic rings. The molecule has 4 aliphatic carbocycles. The Morgan fingerprint density at radius 1 is 1.13 bits per heavy atom. The molecule has 0 aromatic heterocycles. The molecule has 0 spiro atoms. The molecule has 2 atom stereocenters. The third-order valence-corrected chi connectivity index (χ3v) is 8.10. The number of rotatable bonds is 7. The topological polar surface area (TPSA) is 56.8 Å². The van der Waals surface area contributed by atoms with Crippen LogP contribution in [0, 0.1) is 23.2 Å². The van der Waals surface area contributed by atoms with Crippen LogP contribution in [-0.2, 0) is 20.9 Å². The van der Waals surface area contributed by atoms with Gasteiger partial charge in [0.15, 0.2) is 0 Å². The molecule has 1 N–H and O–H groups in total. The Morgan fingerprint density at radius 2 is 1.77 bits per heavy atom. The maximum atomic E-state index is 12.5. The van der Waals surface area contributed by atoms with E-state index in [1.165, 1.54) is 20.0 Å². The fourth-order valence-electron chi connectivity index (χ4n) is 6.10. The molecule has 4 aliphatic rings. The number of hydrogen-bond acceptors (Lipinski definition) is 5. The Hall–Kier alpha value is -1.66. The minimum Gasteiger partial charge on any atom is -0.497 e. The predicted molar refractivity (Wildman–Crippen MR) is 119 cm³/mol. The average Bonchev–Trinajstić information content (AvgIpc) is 2.74. The highest BCUT2D eigenvalue weighted by atomic mass is 32.1. The normalized spacial score (nSPS) is 32.0. The molecule has 164 valence electrons. The molecule has 4 fully saturated rings. The van der Waals surface area contributed by atoms with Crippen molar-refractivity contribution >= 4 is 23.2 Å². The van der Waals surface area contributed by atoms with Crippen molar-refractivity contribution in [2.45, 2.75) is 64.2 Å². The number of benzene rings is 1. The summed E-state index contributed by atoms with van der Waals surface area (Å²) < 4.78 is 16.6. The lowest BCUT2D eigenvalue weighted by molar-refractivity contribution is -0.170. The van der Waals surface area contributed by atoms with Gasteiger partial charge in [-0.15, -0.1) is 0 Å². The van der Waals surface area contributed by atoms with Gasteiger partial charge in [0.1, 0.15) is 16.3 Å². The molecular weight excluding hydrogens is 398 g/mol. The van der Waals surface area contributed by atoms with Crippen molar-refractivity contribution in [3.63, 3.8) is 0 Å². The summed E-state index contributed by atoms with van der Waals surface area (Å²) >= 11 is 5.80. The fraction of sp³-hybridized carbons (Fsp3) is 0.667. The molecule has 2 unspecified atom stereocenters. The van der Waals surface area contributed by atoms with Crippen LogP contribution in [-0.4, -0.2) is 36.8 Å². The van der Waals surface area contributed by atoms with Gasteiger partial charge in [-0.05, 0) is 81.4 Å². The van der Waals surface area contributed by atoms with Crippen molar-refractivity contribution in [2.24, 2.45) is 23.2 Å². The number of thiocarbonyl (C=S) groups is 1. The highest BCUT2D eigenvalue weighted by Crippen LogP contribution is 2.60. The fourth-order valence-corrected chi connectivity index (χ4v) is 6.30. The first-order valence-electron chi connectivity index (χ1n) is 10.9. The summed E-state index contributed by atoms with van der Waals surface area (Å²) in [6.07, 6.45) is 5.20. The van der Waals surface area contributed by atoms with Crippen LogP contribution in [0.25, 0.3) is 0 Å². The van der Waals surface area contributed by atoms with Crippen molar-refractivity contribution in [3.8, 4) is 5.75 Å². The molecule has 4 saturated carbocycles. The Labute approximate surface area is 184 Å². The van der Waals surface area contributed by atoms with Crippen LogP contribution in [0.2, 0.25) is 0 Å². The quantitative estimate of drug-likeness (QED) is 0.514. The SMILES string of the molecule is COC(=O)C12CC3CC(C1)C(NC(=S)C(C)(C)OCc1ccc(OC)cc1)C(C3)C2. The van der Waals surface area contributed by atoms with Crippen LogP contribution in [0.4, 0.5) is 0 Å². The molecule has 0 saturated heterocycles. The first-order chi connectivity index (χ1) is 14.3. The van der Waals surface area contributed by atoms with Gasteiger partial charge in [-0.1, -0.05) is 24.4 Å². The van der Waals surface area contributed by atoms with E-state index in [2.05, 4.69) is 5.32 Å². The number of hydrogen-bond donors (Lipinski definition) is 1. The molecular formula is C24H33NO4S. The summed E-state index contributed by atoms with van der Waals surface area (Å²) in [5, 5.41) is 3.67. The van der Waals surface area contributed by atoms with Crippen molar-refractivity contribution in [1.82, 2.24) is 5.32 Å².